The highest BCUT2D eigenvalue weighted by molar-refractivity contribution is 7.11. The third-order valence-electron chi connectivity index (χ3n) is 18.9. The summed E-state index contributed by atoms with van der Waals surface area (Å²) in [5.74, 6) is -1.20. The molecule has 0 N–H and O–H groups in total. The molecule has 0 spiro atoms. The van der Waals surface area contributed by atoms with Crippen LogP contribution >= 0.6 is 136 Å². The Hall–Kier alpha value is -4.70. The minimum atomic E-state index is -1.88. The number of rotatable bonds is 16. The lowest BCUT2D eigenvalue weighted by Gasteiger charge is -2.81. The molecule has 1 saturated heterocycles. The van der Waals surface area contributed by atoms with Crippen molar-refractivity contribution in [2.24, 2.45) is 5.41 Å². The molecule has 0 aromatic carbocycles. The summed E-state index contributed by atoms with van der Waals surface area (Å²) in [7, 11) is 0. The van der Waals surface area contributed by atoms with E-state index in [9.17, 15) is 4.74 Å². The zero-order valence-electron chi connectivity index (χ0n) is 44.1. The van der Waals surface area contributed by atoms with Crippen molar-refractivity contribution in [1.29, 1.82) is 0 Å². The monoisotopic (exact) mass is 1290 g/mol. The van der Waals surface area contributed by atoms with Crippen LogP contribution in [0.25, 0.3) is 0 Å². The molecule has 0 amide bonds. The second-order valence-electron chi connectivity index (χ2n) is 21.3. The van der Waals surface area contributed by atoms with E-state index in [-0.39, 0.29) is 26.1 Å². The van der Waals surface area contributed by atoms with Crippen LogP contribution in [-0.2, 0) is 67.5 Å². The lowest BCUT2D eigenvalue weighted by molar-refractivity contribution is -0.227. The average molecular weight is 1300 g/mol. The number of hydrogen-bond acceptors (Lipinski definition) is 17. The van der Waals surface area contributed by atoms with Crippen LogP contribution in [0.1, 0.15) is 93.5 Å². The van der Waals surface area contributed by atoms with Crippen molar-refractivity contribution in [2.45, 2.75) is 70.4 Å². The minimum Gasteiger partial charge on any atom is -0.465 e. The molecule has 3 aliphatic rings. The van der Waals surface area contributed by atoms with Crippen molar-refractivity contribution in [3.8, 4) is 0 Å². The van der Waals surface area contributed by atoms with Gasteiger partial charge in [0.1, 0.15) is 11.2 Å². The molecule has 2 aliphatic carbocycles. The van der Waals surface area contributed by atoms with E-state index >= 15 is 9.59 Å². The van der Waals surface area contributed by atoms with Crippen LogP contribution in [0.5, 0.6) is 0 Å². The van der Waals surface area contributed by atoms with Gasteiger partial charge in [0.2, 0.25) is 0 Å². The summed E-state index contributed by atoms with van der Waals surface area (Å²) in [6, 6.07) is 28.7. The number of carbonyl (C=O) groups is 2. The van der Waals surface area contributed by atoms with Crippen molar-refractivity contribution in [1.82, 2.24) is 0 Å². The lowest BCUT2D eigenvalue weighted by Crippen LogP contribution is -2.89. The maximum Gasteiger partial charge on any atom is 0.323 e. The summed E-state index contributed by atoms with van der Waals surface area (Å²) in [6.45, 7) is 3.81. The largest absolute Gasteiger partial charge is 0.465 e. The van der Waals surface area contributed by atoms with Crippen LogP contribution in [0.3, 0.4) is 0 Å². The topological polar surface area (TPSA) is 61.8 Å². The molecule has 15 rings (SSSR count). The van der Waals surface area contributed by atoms with Gasteiger partial charge in [-0.1, -0.05) is 0 Å². The highest BCUT2D eigenvalue weighted by Crippen LogP contribution is 2.95. The smallest absolute Gasteiger partial charge is 0.323 e. The van der Waals surface area contributed by atoms with Crippen molar-refractivity contribution < 1.29 is 23.8 Å². The minimum absolute atomic E-state index is 0.0153. The molecule has 0 bridgehead atoms. The van der Waals surface area contributed by atoms with Crippen molar-refractivity contribution in [3.05, 3.63) is 269 Å². The van der Waals surface area contributed by atoms with E-state index in [4.69, 9.17) is 9.47 Å². The van der Waals surface area contributed by atoms with E-state index in [0.717, 1.165) is 66.8 Å². The fraction of sp³-hybridized carbons (Fsp3) is 0.231. The number of thiophene rings is 12. The Morgan fingerprint density at radius 2 is 0.634 bits per heavy atom. The van der Waals surface area contributed by atoms with Gasteiger partial charge in [-0.05, 0) is 289 Å². The fourth-order valence-electron chi connectivity index (χ4n) is 17.4. The molecule has 412 valence electrons. The van der Waals surface area contributed by atoms with E-state index in [2.05, 4.69) is 202 Å². The molecule has 0 radical (unpaired) electrons. The average Bonchev–Trinajstić information content (AvgIpc) is 1.24. The summed E-state index contributed by atoms with van der Waals surface area (Å²) in [5.41, 5.74) is 0.146. The molecule has 82 heavy (non-hydrogen) atoms. The van der Waals surface area contributed by atoms with E-state index in [0.29, 0.717) is 0 Å². The quantitative estimate of drug-likeness (QED) is 0.0713. The molecule has 13 heterocycles. The Kier molecular flexibility index (Phi) is 13.3. The third kappa shape index (κ3) is 6.18. The molecule has 5 nitrogen and oxygen atoms in total. The Labute approximate surface area is 524 Å². The summed E-state index contributed by atoms with van der Waals surface area (Å²) < 4.78 is 22.7. The summed E-state index contributed by atoms with van der Waals surface area (Å²) in [6.07, 6.45) is -0.0822. The highest BCUT2D eigenvalue weighted by atomic mass is 32.1. The lowest BCUT2D eigenvalue weighted by atomic mass is 9.17. The molecule has 4 unspecified atom stereocenters. The van der Waals surface area contributed by atoms with Gasteiger partial charge < -0.3 is 14.2 Å². The standard InChI is InChI=1S/C65H50O5S12/c1-3-68-55(66)57(56(67)69-4-2)41-58(43-5-17-71-29-43)59(42-57,44-6-18-72-30-44)70-65(54-16-28-82-40-54)63(51-13-25-79-37-51,52-14-26-80-38-52)61(47-9-21-75-33-47,48-10-22-76-34-48)60(45-7-19-73-31-45,46-8-20-74-32-46)62(49-11-23-77-35-49,50-12-24-78-36-50)64(58,65)53-15-27-81-39-53/h5-40H,3-4,41-42H2,1-2H3. The van der Waals surface area contributed by atoms with Gasteiger partial charge in [-0.15, -0.1) is 0 Å². The van der Waals surface area contributed by atoms with Gasteiger partial charge in [-0.25, -0.2) is 0 Å². The molecule has 1 aliphatic heterocycles. The zero-order valence-corrected chi connectivity index (χ0v) is 53.9. The van der Waals surface area contributed by atoms with Crippen LogP contribution in [0, 0.1) is 5.41 Å². The molecule has 2 saturated carbocycles. The van der Waals surface area contributed by atoms with Crippen molar-refractivity contribution in [2.75, 3.05) is 13.2 Å². The first-order valence-corrected chi connectivity index (χ1v) is 38.0. The van der Waals surface area contributed by atoms with Gasteiger partial charge >= 0.3 is 11.9 Å². The normalized spacial score (nSPS) is 24.5. The predicted molar refractivity (Wildman–Crippen MR) is 348 cm³/mol. The second-order valence-corrected chi connectivity index (χ2v) is 30.6. The van der Waals surface area contributed by atoms with Gasteiger partial charge in [-0.2, -0.15) is 136 Å². The molecule has 4 atom stereocenters. The number of fused-ring (bicyclic) bond motifs is 3. The fourth-order valence-corrected chi connectivity index (χ4v) is 25.9. The van der Waals surface area contributed by atoms with E-state index in [1.807, 2.05) is 13.8 Å². The Balaban J connectivity index is 1.38. The first-order valence-electron chi connectivity index (χ1n) is 26.7. The SMILES string of the molecule is CCOC(=O)C1(C(=O)OCC)CC2(c3ccsc3)OC3(c4ccsc4)C(c4ccsc4)(c4ccsc4)C(c4ccsc4)(c4ccsc4)C(c4ccsc4)(c4ccsc4)C(c4ccsc4)(c4ccsc4)C3(c3ccsc3)C2(c2ccsc2)C1. The molecule has 3 fully saturated rings. The third-order valence-corrected chi connectivity index (χ3v) is 27.1. The maximum absolute atomic E-state index is 16.3. The molecular weight excluding hydrogens is 1250 g/mol. The highest BCUT2D eigenvalue weighted by Gasteiger charge is 3.01. The van der Waals surface area contributed by atoms with Crippen LogP contribution in [0.4, 0.5) is 0 Å². The van der Waals surface area contributed by atoms with Crippen molar-refractivity contribution in [3.63, 3.8) is 0 Å². The summed E-state index contributed by atoms with van der Waals surface area (Å²) in [5, 5.41) is 56.0. The van der Waals surface area contributed by atoms with Crippen LogP contribution < -0.4 is 0 Å². The van der Waals surface area contributed by atoms with Crippen LogP contribution in [-0.4, -0.2) is 25.2 Å². The van der Waals surface area contributed by atoms with Gasteiger partial charge in [0, 0.05) is 11.8 Å². The van der Waals surface area contributed by atoms with Gasteiger partial charge in [0.25, 0.3) is 0 Å². The summed E-state index contributed by atoms with van der Waals surface area (Å²) in [4.78, 5) is 32.5. The molecule has 12 aromatic rings. The zero-order chi connectivity index (χ0) is 55.5. The number of carbonyl (C=O) groups excluding carboxylic acids is 2. The van der Waals surface area contributed by atoms with Crippen LogP contribution in [0.15, 0.2) is 202 Å². The number of hydrogen-bond donors (Lipinski definition) is 0. The Bertz CT molecular complexity index is 3890. The van der Waals surface area contributed by atoms with E-state index in [1.54, 1.807) is 136 Å². The predicted octanol–water partition coefficient (Wildman–Crippen LogP) is 19.3. The first kappa shape index (κ1) is 54.0. The maximum atomic E-state index is 16.3. The van der Waals surface area contributed by atoms with E-state index < -0.39 is 61.0 Å². The molecule has 17 heteroatoms. The number of ether oxygens (including phenoxy) is 3. The first-order chi connectivity index (χ1) is 40.3. The Morgan fingerprint density at radius 1 is 0.354 bits per heavy atom. The molecule has 12 aromatic heterocycles. The van der Waals surface area contributed by atoms with Crippen molar-refractivity contribution >= 4 is 148 Å². The van der Waals surface area contributed by atoms with Gasteiger partial charge in [0.15, 0.2) is 5.41 Å². The second kappa shape index (κ2) is 20.2. The van der Waals surface area contributed by atoms with E-state index in [1.165, 1.54) is 0 Å². The summed E-state index contributed by atoms with van der Waals surface area (Å²) >= 11 is 20.5. The molecular formula is C65H50O5S12. The van der Waals surface area contributed by atoms with Gasteiger partial charge in [0.05, 0.1) is 40.3 Å². The Morgan fingerprint density at radius 3 is 0.963 bits per heavy atom. The van der Waals surface area contributed by atoms with Gasteiger partial charge in [-0.3, -0.25) is 9.59 Å². The van der Waals surface area contributed by atoms with Crippen LogP contribution in [0.2, 0.25) is 0 Å². The number of esters is 2.